The molecule has 2 aliphatic rings. The van der Waals surface area contributed by atoms with Gasteiger partial charge in [0.1, 0.15) is 0 Å². The zero-order valence-electron chi connectivity index (χ0n) is 39.7. The Balaban J connectivity index is 1.03. The number of hydrogen-bond acceptors (Lipinski definition) is 2. The van der Waals surface area contributed by atoms with E-state index >= 15 is 0 Å². The Morgan fingerprint density at radius 1 is 0.260 bits per heavy atom. The molecule has 0 amide bonds. The van der Waals surface area contributed by atoms with E-state index in [2.05, 4.69) is 266 Å². The van der Waals surface area contributed by atoms with E-state index in [0.29, 0.717) is 0 Å². The number of hydrogen-bond donors (Lipinski definition) is 0. The molecule has 1 spiro atoms. The zero-order valence-corrected chi connectivity index (χ0v) is 40.5. The third-order valence-electron chi connectivity index (χ3n) is 16.3. The zero-order chi connectivity index (χ0) is 47.8. The predicted molar refractivity (Wildman–Crippen MR) is 311 cm³/mol. The van der Waals surface area contributed by atoms with Crippen LogP contribution >= 0.6 is 11.3 Å². The quantitative estimate of drug-likeness (QED) is 0.155. The van der Waals surface area contributed by atoms with Crippen molar-refractivity contribution in [3.8, 4) is 44.5 Å². The van der Waals surface area contributed by atoms with Crippen molar-refractivity contribution in [2.75, 3.05) is 4.90 Å². The normalized spacial score (nSPS) is 13.0. The highest BCUT2D eigenvalue weighted by atomic mass is 32.1. The van der Waals surface area contributed by atoms with E-state index in [0.717, 1.165) is 17.1 Å². The second-order valence-corrected chi connectivity index (χ2v) is 20.9. The van der Waals surface area contributed by atoms with Crippen molar-refractivity contribution in [2.24, 2.45) is 0 Å². The van der Waals surface area contributed by atoms with Gasteiger partial charge in [-0.05, 0) is 159 Å². The van der Waals surface area contributed by atoms with Gasteiger partial charge < -0.3 is 4.90 Å². The molecule has 0 N–H and O–H groups in total. The molecule has 0 aliphatic heterocycles. The van der Waals surface area contributed by atoms with E-state index in [1.807, 2.05) is 11.3 Å². The van der Waals surface area contributed by atoms with Crippen LogP contribution in [0.15, 0.2) is 261 Å². The molecule has 0 unspecified atom stereocenters. The molecule has 2 heteroatoms. The van der Waals surface area contributed by atoms with Gasteiger partial charge in [-0.1, -0.05) is 206 Å². The number of anilines is 3. The highest BCUT2D eigenvalue weighted by Gasteiger charge is 2.52. The van der Waals surface area contributed by atoms with Crippen LogP contribution in [0.4, 0.5) is 17.1 Å². The fourth-order valence-electron chi connectivity index (χ4n) is 13.2. The molecule has 338 valence electrons. The van der Waals surface area contributed by atoms with Gasteiger partial charge in [-0.2, -0.15) is 0 Å². The van der Waals surface area contributed by atoms with Crippen LogP contribution in [0.1, 0.15) is 22.3 Å². The average Bonchev–Trinajstić information content (AvgIpc) is 4.11. The third kappa shape index (κ3) is 5.73. The van der Waals surface area contributed by atoms with Crippen molar-refractivity contribution < 1.29 is 0 Å². The van der Waals surface area contributed by atoms with Gasteiger partial charge in [0.15, 0.2) is 0 Å². The van der Waals surface area contributed by atoms with Gasteiger partial charge in [0.05, 0.1) is 11.1 Å². The lowest BCUT2D eigenvalue weighted by Crippen LogP contribution is -2.26. The molecule has 0 saturated heterocycles. The SMILES string of the molecule is c1ccc2c(c1)-c1ccccc1C21c2ccccc2-c2cc(-c3ccc4sc5ccccc5c4c3)c(N(c3ccc(-c4cccc5ccccc45)cc3)c3ccc4c5ccccc5c5ccccc5c4c3)cc21. The monoisotopic (exact) mass is 941 g/mol. The van der Waals surface area contributed by atoms with E-state index in [1.165, 1.54) is 130 Å². The van der Waals surface area contributed by atoms with E-state index in [1.54, 1.807) is 0 Å². The minimum Gasteiger partial charge on any atom is -0.310 e. The van der Waals surface area contributed by atoms with Gasteiger partial charge in [-0.25, -0.2) is 0 Å². The lowest BCUT2D eigenvalue weighted by atomic mass is 9.70. The molecule has 0 atom stereocenters. The molecule has 73 heavy (non-hydrogen) atoms. The fourth-order valence-corrected chi connectivity index (χ4v) is 14.3. The van der Waals surface area contributed by atoms with E-state index < -0.39 is 5.41 Å². The van der Waals surface area contributed by atoms with Crippen LogP contribution in [-0.4, -0.2) is 0 Å². The smallest absolute Gasteiger partial charge is 0.0726 e. The first-order valence-corrected chi connectivity index (χ1v) is 26.1. The summed E-state index contributed by atoms with van der Waals surface area (Å²) < 4.78 is 2.60. The van der Waals surface area contributed by atoms with E-state index in [4.69, 9.17) is 0 Å². The first-order valence-electron chi connectivity index (χ1n) is 25.3. The molecule has 0 fully saturated rings. The van der Waals surface area contributed by atoms with Crippen LogP contribution in [0, 0.1) is 0 Å². The molecule has 0 radical (unpaired) electrons. The predicted octanol–water partition coefficient (Wildman–Crippen LogP) is 19.8. The maximum absolute atomic E-state index is 2.58. The number of rotatable bonds is 5. The number of fused-ring (bicyclic) bond motifs is 20. The van der Waals surface area contributed by atoms with Crippen molar-refractivity contribution in [1.82, 2.24) is 0 Å². The third-order valence-corrected chi connectivity index (χ3v) is 17.4. The minimum absolute atomic E-state index is 0.525. The van der Waals surface area contributed by atoms with Crippen LogP contribution in [0.5, 0.6) is 0 Å². The lowest BCUT2D eigenvalue weighted by molar-refractivity contribution is 0.794. The highest BCUT2D eigenvalue weighted by Crippen LogP contribution is 2.64. The number of benzene rings is 13. The number of nitrogens with zero attached hydrogens (tertiary/aromatic N) is 1. The Bertz CT molecular complexity index is 4550. The van der Waals surface area contributed by atoms with Crippen molar-refractivity contribution in [2.45, 2.75) is 5.41 Å². The van der Waals surface area contributed by atoms with Gasteiger partial charge in [0.25, 0.3) is 0 Å². The summed E-state index contributed by atoms with van der Waals surface area (Å²) in [5.74, 6) is 0. The molecule has 14 aromatic rings. The van der Waals surface area contributed by atoms with Crippen molar-refractivity contribution in [1.29, 1.82) is 0 Å². The summed E-state index contributed by atoms with van der Waals surface area (Å²) in [5, 5.41) is 12.6. The number of thiophene rings is 1. The Hall–Kier alpha value is -9.08. The molecule has 1 heterocycles. The van der Waals surface area contributed by atoms with Gasteiger partial charge >= 0.3 is 0 Å². The second-order valence-electron chi connectivity index (χ2n) is 19.8. The largest absolute Gasteiger partial charge is 0.310 e. The average molecular weight is 942 g/mol. The topological polar surface area (TPSA) is 3.24 Å². The molecule has 1 nitrogen and oxygen atoms in total. The maximum atomic E-state index is 2.58. The summed E-state index contributed by atoms with van der Waals surface area (Å²) in [4.78, 5) is 2.56. The van der Waals surface area contributed by atoms with Crippen molar-refractivity contribution in [3.05, 3.63) is 283 Å². The van der Waals surface area contributed by atoms with E-state index in [-0.39, 0.29) is 0 Å². The van der Waals surface area contributed by atoms with Gasteiger partial charge in [-0.15, -0.1) is 11.3 Å². The van der Waals surface area contributed by atoms with Crippen LogP contribution in [-0.2, 0) is 5.41 Å². The molecule has 2 aliphatic carbocycles. The Morgan fingerprint density at radius 2 is 0.753 bits per heavy atom. The molecular weight excluding hydrogens is 899 g/mol. The molecule has 0 bridgehead atoms. The highest BCUT2D eigenvalue weighted by molar-refractivity contribution is 7.25. The van der Waals surface area contributed by atoms with Crippen LogP contribution in [0.25, 0.3) is 108 Å². The molecule has 16 rings (SSSR count). The first-order chi connectivity index (χ1) is 36.2. The van der Waals surface area contributed by atoms with Gasteiger partial charge in [0.2, 0.25) is 0 Å². The summed E-state index contributed by atoms with van der Waals surface area (Å²) in [7, 11) is 0. The summed E-state index contributed by atoms with van der Waals surface area (Å²) in [6, 6.07) is 98.4. The lowest BCUT2D eigenvalue weighted by Gasteiger charge is -2.33. The molecule has 0 saturated carbocycles. The fraction of sp³-hybridized carbons (Fsp3) is 0.0141. The summed E-state index contributed by atoms with van der Waals surface area (Å²) >= 11 is 1.87. The Labute approximate surface area is 427 Å². The van der Waals surface area contributed by atoms with E-state index in [9.17, 15) is 0 Å². The molecule has 1 aromatic heterocycles. The second kappa shape index (κ2) is 15.5. The van der Waals surface area contributed by atoms with Gasteiger partial charge in [0, 0.05) is 37.1 Å². The summed E-state index contributed by atoms with van der Waals surface area (Å²) in [6.07, 6.45) is 0. The van der Waals surface area contributed by atoms with Crippen LogP contribution in [0.2, 0.25) is 0 Å². The van der Waals surface area contributed by atoms with Crippen molar-refractivity contribution >= 4 is 91.7 Å². The summed E-state index contributed by atoms with van der Waals surface area (Å²) in [6.45, 7) is 0. The van der Waals surface area contributed by atoms with Crippen LogP contribution in [0.3, 0.4) is 0 Å². The maximum Gasteiger partial charge on any atom is 0.0726 e. The Kier molecular flexibility index (Phi) is 8.60. The van der Waals surface area contributed by atoms with Crippen LogP contribution < -0.4 is 4.90 Å². The minimum atomic E-state index is -0.525. The van der Waals surface area contributed by atoms with Crippen molar-refractivity contribution in [3.63, 3.8) is 0 Å². The molecule has 13 aromatic carbocycles. The standard InChI is InChI=1S/C71H43NS/c1-2-18-49-44(16-1)17-15-27-50(49)45-32-35-47(36-33-45)72(48-37-38-55-53-21-4-3-19-51(53)52-20-5-6-22-54(52)61(55)41-48)68-43-67-62(42-60(68)46-34-39-70-63(40-46)59-26-10-14-31-69(59)73-70)58-25-9-13-30-66(58)71(67)64-28-11-7-23-56(64)57-24-8-12-29-65(57)71/h1-43H. The summed E-state index contributed by atoms with van der Waals surface area (Å²) in [5.41, 5.74) is 18.1. The molecular formula is C71H43NS. The Morgan fingerprint density at radius 3 is 1.44 bits per heavy atom. The van der Waals surface area contributed by atoms with Gasteiger partial charge in [-0.3, -0.25) is 0 Å². The first kappa shape index (κ1) is 40.6.